The van der Waals surface area contributed by atoms with Crippen LogP contribution >= 0.6 is 0 Å². The second-order valence-electron chi connectivity index (χ2n) is 5.84. The first-order valence-corrected chi connectivity index (χ1v) is 7.38. The molecule has 1 aromatic rings. The van der Waals surface area contributed by atoms with E-state index >= 15 is 0 Å². The van der Waals surface area contributed by atoms with Crippen molar-refractivity contribution in [3.8, 4) is 0 Å². The molecule has 2 atom stereocenters. The van der Waals surface area contributed by atoms with Gasteiger partial charge in [-0.15, -0.1) is 0 Å². The van der Waals surface area contributed by atoms with Crippen LogP contribution in [0.25, 0.3) is 0 Å². The third kappa shape index (κ3) is 2.52. The standard InChI is InChI=1S/C16H19FN2O2/c1-18-14(20)10-13(16(21)19-8-2-3-9-19)15(18)11-4-6-12(17)7-5-11/h4-7,13,15H,2-3,8-10H2,1H3. The Morgan fingerprint density at radius 3 is 2.43 bits per heavy atom. The summed E-state index contributed by atoms with van der Waals surface area (Å²) in [5.41, 5.74) is 0.822. The molecule has 2 fully saturated rings. The van der Waals surface area contributed by atoms with Crippen molar-refractivity contribution in [2.24, 2.45) is 5.92 Å². The summed E-state index contributed by atoms with van der Waals surface area (Å²) in [6.07, 6.45) is 2.31. The first-order chi connectivity index (χ1) is 10.1. The van der Waals surface area contributed by atoms with E-state index in [1.165, 1.54) is 12.1 Å². The van der Waals surface area contributed by atoms with Gasteiger partial charge in [-0.3, -0.25) is 9.59 Å². The summed E-state index contributed by atoms with van der Waals surface area (Å²) in [5, 5.41) is 0. The molecule has 3 rings (SSSR count). The summed E-state index contributed by atoms with van der Waals surface area (Å²) in [6, 6.07) is 5.80. The number of hydrogen-bond acceptors (Lipinski definition) is 2. The highest BCUT2D eigenvalue weighted by Gasteiger charge is 2.44. The number of amides is 2. The number of nitrogens with zero attached hydrogens (tertiary/aromatic N) is 2. The van der Waals surface area contributed by atoms with Gasteiger partial charge in [-0.1, -0.05) is 12.1 Å². The van der Waals surface area contributed by atoms with Crippen LogP contribution in [0.2, 0.25) is 0 Å². The Kier molecular flexibility index (Phi) is 3.66. The van der Waals surface area contributed by atoms with E-state index < -0.39 is 0 Å². The van der Waals surface area contributed by atoms with E-state index in [4.69, 9.17) is 0 Å². The van der Waals surface area contributed by atoms with Crippen molar-refractivity contribution in [1.29, 1.82) is 0 Å². The quantitative estimate of drug-likeness (QED) is 0.835. The molecular weight excluding hydrogens is 271 g/mol. The fraction of sp³-hybridized carbons (Fsp3) is 0.500. The van der Waals surface area contributed by atoms with Gasteiger partial charge in [0.25, 0.3) is 0 Å². The normalized spacial score (nSPS) is 25.7. The Labute approximate surface area is 123 Å². The van der Waals surface area contributed by atoms with Gasteiger partial charge in [0.1, 0.15) is 5.82 Å². The van der Waals surface area contributed by atoms with Gasteiger partial charge in [-0.05, 0) is 30.5 Å². The van der Waals surface area contributed by atoms with Crippen LogP contribution in [-0.2, 0) is 9.59 Å². The Morgan fingerprint density at radius 1 is 1.19 bits per heavy atom. The molecule has 2 heterocycles. The maximum atomic E-state index is 13.1. The van der Waals surface area contributed by atoms with Gasteiger partial charge in [0, 0.05) is 26.6 Å². The molecule has 0 spiro atoms. The summed E-state index contributed by atoms with van der Waals surface area (Å²) < 4.78 is 13.1. The minimum absolute atomic E-state index is 0.0260. The van der Waals surface area contributed by atoms with E-state index in [2.05, 4.69) is 0 Å². The zero-order valence-electron chi connectivity index (χ0n) is 12.1. The number of rotatable bonds is 2. The molecular formula is C16H19FN2O2. The maximum absolute atomic E-state index is 13.1. The predicted octanol–water partition coefficient (Wildman–Crippen LogP) is 1.97. The second kappa shape index (κ2) is 5.47. The predicted molar refractivity (Wildman–Crippen MR) is 75.8 cm³/mol. The number of hydrogen-bond donors (Lipinski definition) is 0. The SMILES string of the molecule is CN1C(=O)CC(C(=O)N2CCCC2)C1c1ccc(F)cc1. The van der Waals surface area contributed by atoms with Crippen LogP contribution in [0.5, 0.6) is 0 Å². The fourth-order valence-electron chi connectivity index (χ4n) is 3.38. The molecule has 112 valence electrons. The lowest BCUT2D eigenvalue weighted by atomic mass is 9.92. The number of carbonyl (C=O) groups is 2. The average molecular weight is 290 g/mol. The number of benzene rings is 1. The summed E-state index contributed by atoms with van der Waals surface area (Å²) in [7, 11) is 1.72. The van der Waals surface area contributed by atoms with Crippen molar-refractivity contribution < 1.29 is 14.0 Å². The number of halogens is 1. The van der Waals surface area contributed by atoms with Crippen molar-refractivity contribution in [2.45, 2.75) is 25.3 Å². The third-order valence-electron chi connectivity index (χ3n) is 4.53. The lowest BCUT2D eigenvalue weighted by Crippen LogP contribution is -2.36. The Hall–Kier alpha value is -1.91. The molecule has 2 aliphatic heterocycles. The van der Waals surface area contributed by atoms with Crippen LogP contribution in [-0.4, -0.2) is 41.8 Å². The van der Waals surface area contributed by atoms with Crippen LogP contribution < -0.4 is 0 Å². The number of carbonyl (C=O) groups excluding carboxylic acids is 2. The number of likely N-dealkylation sites (tertiary alicyclic amines) is 2. The third-order valence-corrected chi connectivity index (χ3v) is 4.53. The van der Waals surface area contributed by atoms with Crippen molar-refractivity contribution in [1.82, 2.24) is 9.80 Å². The monoisotopic (exact) mass is 290 g/mol. The highest BCUT2D eigenvalue weighted by Crippen LogP contribution is 2.38. The maximum Gasteiger partial charge on any atom is 0.228 e. The lowest BCUT2D eigenvalue weighted by molar-refractivity contribution is -0.135. The molecule has 2 amide bonds. The van der Waals surface area contributed by atoms with E-state index in [0.29, 0.717) is 0 Å². The Balaban J connectivity index is 1.88. The minimum Gasteiger partial charge on any atom is -0.342 e. The Bertz CT molecular complexity index is 552. The summed E-state index contributed by atoms with van der Waals surface area (Å²) in [6.45, 7) is 1.56. The average Bonchev–Trinajstić information content (AvgIpc) is 3.09. The minimum atomic E-state index is -0.355. The molecule has 21 heavy (non-hydrogen) atoms. The molecule has 0 radical (unpaired) electrons. The van der Waals surface area contributed by atoms with Crippen molar-refractivity contribution in [3.05, 3.63) is 35.6 Å². The van der Waals surface area contributed by atoms with Crippen LogP contribution in [0.3, 0.4) is 0 Å². The van der Waals surface area contributed by atoms with E-state index in [1.54, 1.807) is 24.1 Å². The van der Waals surface area contributed by atoms with E-state index in [1.807, 2.05) is 4.90 Å². The molecule has 0 N–H and O–H groups in total. The topological polar surface area (TPSA) is 40.6 Å². The molecule has 0 saturated carbocycles. The highest BCUT2D eigenvalue weighted by molar-refractivity contribution is 5.90. The van der Waals surface area contributed by atoms with Crippen LogP contribution in [0.4, 0.5) is 4.39 Å². The molecule has 0 aliphatic carbocycles. The zero-order valence-corrected chi connectivity index (χ0v) is 12.1. The lowest BCUT2D eigenvalue weighted by Gasteiger charge is -2.27. The largest absolute Gasteiger partial charge is 0.342 e. The van der Waals surface area contributed by atoms with E-state index in [-0.39, 0.29) is 36.0 Å². The molecule has 2 aliphatic rings. The molecule has 5 heteroatoms. The fourth-order valence-corrected chi connectivity index (χ4v) is 3.38. The molecule has 0 bridgehead atoms. The van der Waals surface area contributed by atoms with Gasteiger partial charge in [-0.25, -0.2) is 4.39 Å². The summed E-state index contributed by atoms with van der Waals surface area (Å²) in [5.74, 6) is -0.638. The smallest absolute Gasteiger partial charge is 0.228 e. The van der Waals surface area contributed by atoms with Crippen LogP contribution in [0.1, 0.15) is 30.9 Å². The molecule has 1 aromatic carbocycles. The Morgan fingerprint density at radius 2 is 1.81 bits per heavy atom. The molecule has 4 nitrogen and oxygen atoms in total. The van der Waals surface area contributed by atoms with Gasteiger partial charge in [0.05, 0.1) is 12.0 Å². The zero-order chi connectivity index (χ0) is 15.0. The van der Waals surface area contributed by atoms with Crippen LogP contribution in [0.15, 0.2) is 24.3 Å². The molecule has 2 saturated heterocycles. The molecule has 0 aromatic heterocycles. The van der Waals surface area contributed by atoms with Gasteiger partial charge in [0.15, 0.2) is 0 Å². The van der Waals surface area contributed by atoms with Gasteiger partial charge < -0.3 is 9.80 Å². The van der Waals surface area contributed by atoms with Gasteiger partial charge >= 0.3 is 0 Å². The van der Waals surface area contributed by atoms with Crippen molar-refractivity contribution >= 4 is 11.8 Å². The van der Waals surface area contributed by atoms with E-state index in [9.17, 15) is 14.0 Å². The van der Waals surface area contributed by atoms with Crippen LogP contribution in [0, 0.1) is 11.7 Å². The van der Waals surface area contributed by atoms with E-state index in [0.717, 1.165) is 31.5 Å². The second-order valence-corrected chi connectivity index (χ2v) is 5.84. The van der Waals surface area contributed by atoms with Gasteiger partial charge in [0.2, 0.25) is 11.8 Å². The first-order valence-electron chi connectivity index (χ1n) is 7.38. The van der Waals surface area contributed by atoms with Gasteiger partial charge in [-0.2, -0.15) is 0 Å². The summed E-state index contributed by atoms with van der Waals surface area (Å²) >= 11 is 0. The van der Waals surface area contributed by atoms with Crippen molar-refractivity contribution in [2.75, 3.05) is 20.1 Å². The summed E-state index contributed by atoms with van der Waals surface area (Å²) in [4.78, 5) is 28.2. The highest BCUT2D eigenvalue weighted by atomic mass is 19.1. The first kappa shape index (κ1) is 14.0. The van der Waals surface area contributed by atoms with Crippen molar-refractivity contribution in [3.63, 3.8) is 0 Å². The molecule has 2 unspecified atom stereocenters.